The van der Waals surface area contributed by atoms with Crippen molar-refractivity contribution in [1.29, 1.82) is 0 Å². The lowest BCUT2D eigenvalue weighted by atomic mass is 9.91. The van der Waals surface area contributed by atoms with Crippen LogP contribution in [0.15, 0.2) is 23.8 Å². The summed E-state index contributed by atoms with van der Waals surface area (Å²) in [5.74, 6) is 0.475. The number of amides is 1. The molecule has 0 spiro atoms. The summed E-state index contributed by atoms with van der Waals surface area (Å²) in [5, 5.41) is 5.61. The Morgan fingerprint density at radius 2 is 1.97 bits per heavy atom. The van der Waals surface area contributed by atoms with E-state index >= 15 is 0 Å². The summed E-state index contributed by atoms with van der Waals surface area (Å²) in [7, 11) is 0. The second-order valence-corrected chi connectivity index (χ2v) is 7.39. The van der Waals surface area contributed by atoms with E-state index in [0.29, 0.717) is 48.6 Å². The van der Waals surface area contributed by atoms with Gasteiger partial charge in [-0.05, 0) is 38.7 Å². The molecule has 166 valence electrons. The lowest BCUT2D eigenvalue weighted by molar-refractivity contribution is -0.105. The van der Waals surface area contributed by atoms with Gasteiger partial charge in [0.15, 0.2) is 0 Å². The maximum absolute atomic E-state index is 14.4. The van der Waals surface area contributed by atoms with Crippen LogP contribution in [-0.2, 0) is 16.1 Å². The van der Waals surface area contributed by atoms with Gasteiger partial charge in [0.2, 0.25) is 6.41 Å². The largest absolute Gasteiger partial charge is 0.381 e. The van der Waals surface area contributed by atoms with Crippen molar-refractivity contribution in [3.63, 3.8) is 0 Å². The Kier molecular flexibility index (Phi) is 7.62. The second kappa shape index (κ2) is 10.4. The fourth-order valence-electron chi connectivity index (χ4n) is 3.60. The summed E-state index contributed by atoms with van der Waals surface area (Å²) in [6.45, 7) is 4.98. The van der Waals surface area contributed by atoms with Crippen LogP contribution in [0.1, 0.15) is 48.7 Å². The smallest absolute Gasteiger partial charge is 0.266 e. The van der Waals surface area contributed by atoms with Gasteiger partial charge in [0, 0.05) is 25.3 Å². The first-order valence-corrected chi connectivity index (χ1v) is 10.0. The van der Waals surface area contributed by atoms with Gasteiger partial charge in [-0.25, -0.2) is 23.1 Å². The van der Waals surface area contributed by atoms with E-state index in [1.54, 1.807) is 6.92 Å². The molecular weight excluding hydrogens is 409 g/mol. The fraction of sp³-hybridized carbons (Fsp3) is 0.409. The second-order valence-electron chi connectivity index (χ2n) is 7.39. The summed E-state index contributed by atoms with van der Waals surface area (Å²) in [6, 6.07) is 3.90. The maximum atomic E-state index is 14.4. The van der Waals surface area contributed by atoms with Crippen molar-refractivity contribution < 1.29 is 22.7 Å². The fourth-order valence-corrected chi connectivity index (χ4v) is 3.60. The van der Waals surface area contributed by atoms with Crippen molar-refractivity contribution in [2.24, 2.45) is 5.92 Å². The topological polar surface area (TPSA) is 76.1 Å². The SMILES string of the molecule is C/C(=C\c1c(NC=O)nc(C)nc1NCc1cccc(C(F)F)c1F)C1CCOCC1. The van der Waals surface area contributed by atoms with Crippen LogP contribution in [0.4, 0.5) is 24.8 Å². The summed E-state index contributed by atoms with van der Waals surface area (Å²) in [6.07, 6.45) is 1.30. The van der Waals surface area contributed by atoms with Gasteiger partial charge in [0.05, 0.1) is 11.1 Å². The van der Waals surface area contributed by atoms with Crippen molar-refractivity contribution in [3.8, 4) is 0 Å². The van der Waals surface area contributed by atoms with E-state index < -0.39 is 17.8 Å². The normalized spacial score (nSPS) is 15.2. The first-order valence-electron chi connectivity index (χ1n) is 10.0. The third kappa shape index (κ3) is 5.61. The van der Waals surface area contributed by atoms with Crippen LogP contribution in [0.2, 0.25) is 0 Å². The molecule has 1 aliphatic rings. The molecular formula is C22H25F3N4O2. The lowest BCUT2D eigenvalue weighted by Gasteiger charge is -2.23. The number of rotatable bonds is 8. The monoisotopic (exact) mass is 434 g/mol. The van der Waals surface area contributed by atoms with E-state index in [2.05, 4.69) is 20.6 Å². The zero-order chi connectivity index (χ0) is 22.4. The molecule has 1 aromatic heterocycles. The number of aromatic nitrogens is 2. The Bertz CT molecular complexity index is 960. The lowest BCUT2D eigenvalue weighted by Crippen LogP contribution is -2.17. The summed E-state index contributed by atoms with van der Waals surface area (Å²) < 4.78 is 45.9. The minimum Gasteiger partial charge on any atom is -0.381 e. The molecule has 9 heteroatoms. The molecule has 0 atom stereocenters. The van der Waals surface area contributed by atoms with Gasteiger partial charge in [-0.2, -0.15) is 0 Å². The van der Waals surface area contributed by atoms with E-state index in [1.165, 1.54) is 12.1 Å². The highest BCUT2D eigenvalue weighted by Crippen LogP contribution is 2.30. The maximum Gasteiger partial charge on any atom is 0.266 e. The summed E-state index contributed by atoms with van der Waals surface area (Å²) >= 11 is 0. The molecule has 1 aliphatic heterocycles. The van der Waals surface area contributed by atoms with E-state index in [4.69, 9.17) is 4.74 Å². The van der Waals surface area contributed by atoms with Crippen LogP contribution < -0.4 is 10.6 Å². The minimum absolute atomic E-state index is 0.0550. The summed E-state index contributed by atoms with van der Waals surface area (Å²) in [4.78, 5) is 19.8. The van der Waals surface area contributed by atoms with Gasteiger partial charge in [-0.15, -0.1) is 0 Å². The number of halogens is 3. The Labute approximate surface area is 178 Å². The van der Waals surface area contributed by atoms with Crippen LogP contribution in [0.5, 0.6) is 0 Å². The van der Waals surface area contributed by atoms with Crippen LogP contribution >= 0.6 is 0 Å². The molecule has 1 fully saturated rings. The quantitative estimate of drug-likeness (QED) is 0.580. The number of hydrogen-bond acceptors (Lipinski definition) is 5. The molecule has 0 bridgehead atoms. The third-order valence-electron chi connectivity index (χ3n) is 5.28. The number of hydrogen-bond donors (Lipinski definition) is 2. The molecule has 0 aliphatic carbocycles. The standard InChI is InChI=1S/C22H25F3N4O2/c1-13(15-6-8-31-9-7-15)10-18-21(28-14(2)29-22(18)27-12-30)26-11-16-4-3-5-17(19(16)23)20(24)25/h3-5,10,12,15,20H,6-9,11H2,1-2H3,(H2,26,27,28,29,30)/b13-10+. The van der Waals surface area contributed by atoms with E-state index in [0.717, 1.165) is 24.5 Å². The predicted molar refractivity (Wildman–Crippen MR) is 112 cm³/mol. The number of anilines is 2. The number of benzene rings is 1. The van der Waals surface area contributed by atoms with Gasteiger partial charge >= 0.3 is 0 Å². The Hall–Kier alpha value is -2.94. The van der Waals surface area contributed by atoms with Crippen molar-refractivity contribution in [3.05, 3.63) is 52.1 Å². The molecule has 0 radical (unpaired) electrons. The first-order chi connectivity index (χ1) is 14.9. The molecule has 1 aromatic carbocycles. The first kappa shape index (κ1) is 22.7. The molecule has 1 amide bonds. The molecule has 0 unspecified atom stereocenters. The molecule has 1 saturated heterocycles. The third-order valence-corrected chi connectivity index (χ3v) is 5.28. The number of aryl methyl sites for hydroxylation is 1. The van der Waals surface area contributed by atoms with Crippen LogP contribution in [-0.4, -0.2) is 29.6 Å². The molecule has 31 heavy (non-hydrogen) atoms. The van der Waals surface area contributed by atoms with Crippen molar-refractivity contribution in [2.45, 2.75) is 39.7 Å². The number of alkyl halides is 2. The highest BCUT2D eigenvalue weighted by Gasteiger charge is 2.19. The van der Waals surface area contributed by atoms with E-state index in [1.807, 2.05) is 13.0 Å². The average Bonchev–Trinajstić information content (AvgIpc) is 2.75. The van der Waals surface area contributed by atoms with Crippen LogP contribution in [0, 0.1) is 18.7 Å². The highest BCUT2D eigenvalue weighted by atomic mass is 19.3. The molecule has 3 rings (SSSR count). The van der Waals surface area contributed by atoms with E-state index in [-0.39, 0.29) is 12.1 Å². The van der Waals surface area contributed by atoms with Crippen molar-refractivity contribution in [1.82, 2.24) is 9.97 Å². The summed E-state index contributed by atoms with van der Waals surface area (Å²) in [5.41, 5.74) is 1.08. The number of carbonyl (C=O) groups excluding carboxylic acids is 1. The number of nitrogens with zero attached hydrogens (tertiary/aromatic N) is 2. The number of ether oxygens (including phenoxy) is 1. The minimum atomic E-state index is -2.90. The number of carbonyl (C=O) groups is 1. The van der Waals surface area contributed by atoms with Gasteiger partial charge in [0.1, 0.15) is 23.3 Å². The molecule has 2 heterocycles. The zero-order valence-electron chi connectivity index (χ0n) is 17.4. The molecule has 2 aromatic rings. The molecule has 0 saturated carbocycles. The van der Waals surface area contributed by atoms with E-state index in [9.17, 15) is 18.0 Å². The number of nitrogens with one attached hydrogen (secondary N) is 2. The molecule has 2 N–H and O–H groups in total. The van der Waals surface area contributed by atoms with Crippen molar-refractivity contribution in [2.75, 3.05) is 23.8 Å². The van der Waals surface area contributed by atoms with Gasteiger partial charge in [-0.3, -0.25) is 4.79 Å². The van der Waals surface area contributed by atoms with Gasteiger partial charge < -0.3 is 15.4 Å². The Morgan fingerprint density at radius 1 is 1.26 bits per heavy atom. The predicted octanol–water partition coefficient (Wildman–Crippen LogP) is 4.87. The van der Waals surface area contributed by atoms with Crippen LogP contribution in [0.25, 0.3) is 6.08 Å². The Morgan fingerprint density at radius 3 is 2.65 bits per heavy atom. The average molecular weight is 434 g/mol. The van der Waals surface area contributed by atoms with Crippen molar-refractivity contribution >= 4 is 24.1 Å². The Balaban J connectivity index is 1.94. The highest BCUT2D eigenvalue weighted by molar-refractivity contribution is 5.81. The number of allylic oxidation sites excluding steroid dienone is 1. The zero-order valence-corrected chi connectivity index (χ0v) is 17.4. The molecule has 6 nitrogen and oxygen atoms in total. The van der Waals surface area contributed by atoms with Gasteiger partial charge in [-0.1, -0.05) is 23.8 Å². The van der Waals surface area contributed by atoms with Gasteiger partial charge in [0.25, 0.3) is 6.43 Å². The van der Waals surface area contributed by atoms with Crippen LogP contribution in [0.3, 0.4) is 0 Å².